The number of urea groups is 1. The fourth-order valence-electron chi connectivity index (χ4n) is 2.70. The summed E-state index contributed by atoms with van der Waals surface area (Å²) < 4.78 is 22.8. The second kappa shape index (κ2) is 7.98. The minimum atomic E-state index is -3.05. The summed E-state index contributed by atoms with van der Waals surface area (Å²) in [6, 6.07) is 12.3. The number of nitrogens with one attached hydrogen (secondary N) is 3. The summed E-state index contributed by atoms with van der Waals surface area (Å²) >= 11 is 5.81. The van der Waals surface area contributed by atoms with Crippen LogP contribution in [0, 0.1) is 0 Å². The Morgan fingerprint density at radius 3 is 2.11 bits per heavy atom. The van der Waals surface area contributed by atoms with E-state index < -0.39 is 15.9 Å². The van der Waals surface area contributed by atoms with Crippen LogP contribution in [0.1, 0.15) is 16.8 Å². The summed E-state index contributed by atoms with van der Waals surface area (Å²) in [6.07, 6.45) is 0.416. The largest absolute Gasteiger partial charge is 0.334 e. The number of benzene rings is 2. The number of carbonyl (C=O) groups is 2. The van der Waals surface area contributed by atoms with Crippen molar-refractivity contribution in [1.82, 2.24) is 5.32 Å². The molecule has 142 valence electrons. The summed E-state index contributed by atoms with van der Waals surface area (Å²) in [7, 11) is -3.05. The molecule has 7 nitrogen and oxygen atoms in total. The fourth-order valence-corrected chi connectivity index (χ4v) is 4.50. The minimum Gasteiger partial charge on any atom is -0.334 e. The van der Waals surface area contributed by atoms with E-state index in [1.54, 1.807) is 48.5 Å². The Balaban J connectivity index is 1.54. The average molecular weight is 408 g/mol. The number of carbonyl (C=O) groups excluding carboxylic acids is 2. The Morgan fingerprint density at radius 1 is 0.926 bits per heavy atom. The first-order valence-corrected chi connectivity index (χ1v) is 10.5. The van der Waals surface area contributed by atoms with Crippen LogP contribution in [-0.4, -0.2) is 37.9 Å². The van der Waals surface area contributed by atoms with E-state index >= 15 is 0 Å². The van der Waals surface area contributed by atoms with Crippen molar-refractivity contribution in [2.45, 2.75) is 12.5 Å². The van der Waals surface area contributed by atoms with E-state index in [0.717, 1.165) is 0 Å². The normalized spacial score (nSPS) is 17.9. The molecule has 0 unspecified atom stereocenters. The lowest BCUT2D eigenvalue weighted by Gasteiger charge is -2.12. The van der Waals surface area contributed by atoms with Crippen molar-refractivity contribution in [2.75, 3.05) is 22.1 Å². The number of hydrogen-bond acceptors (Lipinski definition) is 4. The van der Waals surface area contributed by atoms with Gasteiger partial charge in [0.1, 0.15) is 0 Å². The molecule has 2 aromatic carbocycles. The van der Waals surface area contributed by atoms with Crippen LogP contribution in [0.4, 0.5) is 16.2 Å². The molecule has 0 spiro atoms. The monoisotopic (exact) mass is 407 g/mol. The lowest BCUT2D eigenvalue weighted by molar-refractivity contribution is 0.102. The van der Waals surface area contributed by atoms with Gasteiger partial charge in [0, 0.05) is 28.0 Å². The van der Waals surface area contributed by atoms with E-state index in [1.807, 2.05) is 0 Å². The summed E-state index contributed by atoms with van der Waals surface area (Å²) in [5, 5.41) is 8.59. The lowest BCUT2D eigenvalue weighted by atomic mass is 10.2. The fraction of sp³-hybridized carbons (Fsp3) is 0.222. The van der Waals surface area contributed by atoms with Crippen molar-refractivity contribution in [3.8, 4) is 0 Å². The van der Waals surface area contributed by atoms with Gasteiger partial charge in [-0.15, -0.1) is 0 Å². The van der Waals surface area contributed by atoms with Gasteiger partial charge in [-0.3, -0.25) is 4.79 Å². The molecule has 1 atom stereocenters. The van der Waals surface area contributed by atoms with Crippen LogP contribution in [0.15, 0.2) is 48.5 Å². The van der Waals surface area contributed by atoms with Crippen LogP contribution in [0.2, 0.25) is 5.02 Å². The molecule has 0 aromatic heterocycles. The number of rotatable bonds is 4. The Morgan fingerprint density at radius 2 is 1.52 bits per heavy atom. The van der Waals surface area contributed by atoms with Gasteiger partial charge in [-0.05, 0) is 55.0 Å². The number of hydrogen-bond donors (Lipinski definition) is 3. The highest BCUT2D eigenvalue weighted by molar-refractivity contribution is 7.91. The van der Waals surface area contributed by atoms with E-state index in [-0.39, 0.29) is 23.5 Å². The maximum atomic E-state index is 12.2. The van der Waals surface area contributed by atoms with Gasteiger partial charge in [0.15, 0.2) is 9.84 Å². The summed E-state index contributed by atoms with van der Waals surface area (Å²) in [4.78, 5) is 24.2. The van der Waals surface area contributed by atoms with Crippen LogP contribution in [0.25, 0.3) is 0 Å². The van der Waals surface area contributed by atoms with E-state index in [0.29, 0.717) is 28.4 Å². The topological polar surface area (TPSA) is 104 Å². The van der Waals surface area contributed by atoms with E-state index in [1.165, 1.54) is 0 Å². The van der Waals surface area contributed by atoms with E-state index in [4.69, 9.17) is 11.6 Å². The molecule has 0 saturated carbocycles. The molecule has 0 aliphatic carbocycles. The van der Waals surface area contributed by atoms with Crippen molar-refractivity contribution < 1.29 is 18.0 Å². The molecule has 3 rings (SSSR count). The molecule has 0 radical (unpaired) electrons. The average Bonchev–Trinajstić information content (AvgIpc) is 2.96. The zero-order valence-corrected chi connectivity index (χ0v) is 15.8. The first-order chi connectivity index (χ1) is 12.8. The minimum absolute atomic E-state index is 0.0375. The smallest absolute Gasteiger partial charge is 0.319 e. The van der Waals surface area contributed by atoms with Crippen LogP contribution in [0.5, 0.6) is 0 Å². The molecule has 1 aliphatic heterocycles. The first kappa shape index (κ1) is 19.2. The quantitative estimate of drug-likeness (QED) is 0.724. The van der Waals surface area contributed by atoms with E-state index in [2.05, 4.69) is 16.0 Å². The van der Waals surface area contributed by atoms with Crippen LogP contribution >= 0.6 is 11.6 Å². The van der Waals surface area contributed by atoms with Gasteiger partial charge < -0.3 is 16.0 Å². The molecule has 3 N–H and O–H groups in total. The molecule has 0 bridgehead atoms. The highest BCUT2D eigenvalue weighted by Gasteiger charge is 2.28. The van der Waals surface area contributed by atoms with Crippen molar-refractivity contribution in [3.05, 3.63) is 59.1 Å². The molecule has 27 heavy (non-hydrogen) atoms. The number of halogens is 1. The highest BCUT2D eigenvalue weighted by Crippen LogP contribution is 2.16. The van der Waals surface area contributed by atoms with Gasteiger partial charge in [-0.25, -0.2) is 13.2 Å². The maximum Gasteiger partial charge on any atom is 0.319 e. The molecule has 1 saturated heterocycles. The lowest BCUT2D eigenvalue weighted by Crippen LogP contribution is -2.38. The predicted octanol–water partition coefficient (Wildman–Crippen LogP) is 2.90. The van der Waals surface area contributed by atoms with E-state index in [9.17, 15) is 18.0 Å². The third kappa shape index (κ3) is 5.45. The number of anilines is 2. The van der Waals surface area contributed by atoms with Gasteiger partial charge in [0.25, 0.3) is 5.91 Å². The molecule has 9 heteroatoms. The SMILES string of the molecule is O=C(Nc1ccc(C(=O)Nc2ccc(Cl)cc2)cc1)N[C@H]1CCS(=O)(=O)C1. The Hall–Kier alpha value is -2.58. The van der Waals surface area contributed by atoms with Gasteiger partial charge in [0.2, 0.25) is 0 Å². The molecular formula is C18H18ClN3O4S. The molecule has 1 heterocycles. The van der Waals surface area contributed by atoms with Gasteiger partial charge in [0.05, 0.1) is 11.5 Å². The highest BCUT2D eigenvalue weighted by atomic mass is 35.5. The predicted molar refractivity (Wildman–Crippen MR) is 105 cm³/mol. The summed E-state index contributed by atoms with van der Waals surface area (Å²) in [5.74, 6) is -0.232. The molecule has 2 aromatic rings. The third-order valence-electron chi connectivity index (χ3n) is 4.07. The van der Waals surface area contributed by atoms with Crippen LogP contribution < -0.4 is 16.0 Å². The zero-order chi connectivity index (χ0) is 19.4. The standard InChI is InChI=1S/C18H18ClN3O4S/c19-13-3-7-14(8-4-13)20-17(23)12-1-5-15(6-2-12)21-18(24)22-16-9-10-27(25,26)11-16/h1-8,16H,9-11H2,(H,20,23)(H2,21,22,24)/t16-/m0/s1. The Labute approximate surface area is 162 Å². The van der Waals surface area contributed by atoms with Gasteiger partial charge in [-0.2, -0.15) is 0 Å². The second-order valence-corrected chi connectivity index (χ2v) is 8.90. The van der Waals surface area contributed by atoms with Gasteiger partial charge in [-0.1, -0.05) is 11.6 Å². The number of amides is 3. The molecule has 1 aliphatic rings. The number of sulfone groups is 1. The molecule has 1 fully saturated rings. The Kier molecular flexibility index (Phi) is 5.67. The Bertz CT molecular complexity index is 944. The summed E-state index contributed by atoms with van der Waals surface area (Å²) in [6.45, 7) is 0. The van der Waals surface area contributed by atoms with Crippen molar-refractivity contribution in [2.24, 2.45) is 0 Å². The second-order valence-electron chi connectivity index (χ2n) is 6.24. The summed E-state index contributed by atoms with van der Waals surface area (Å²) in [5.41, 5.74) is 1.55. The van der Waals surface area contributed by atoms with Crippen molar-refractivity contribution >= 4 is 44.8 Å². The van der Waals surface area contributed by atoms with Crippen molar-refractivity contribution in [1.29, 1.82) is 0 Å². The van der Waals surface area contributed by atoms with Crippen LogP contribution in [-0.2, 0) is 9.84 Å². The molecular weight excluding hydrogens is 390 g/mol. The first-order valence-electron chi connectivity index (χ1n) is 8.26. The maximum absolute atomic E-state index is 12.2. The van der Waals surface area contributed by atoms with Crippen molar-refractivity contribution in [3.63, 3.8) is 0 Å². The van der Waals surface area contributed by atoms with Gasteiger partial charge >= 0.3 is 6.03 Å². The van der Waals surface area contributed by atoms with Crippen LogP contribution in [0.3, 0.4) is 0 Å². The third-order valence-corrected chi connectivity index (χ3v) is 6.09. The zero-order valence-electron chi connectivity index (χ0n) is 14.2. The molecule has 3 amide bonds.